The maximum absolute atomic E-state index is 11.9. The monoisotopic (exact) mass is 290 g/mol. The number of nitrogens with zero attached hydrogens (tertiary/aromatic N) is 1. The summed E-state index contributed by atoms with van der Waals surface area (Å²) in [5.41, 5.74) is 0. The van der Waals surface area contributed by atoms with Crippen molar-refractivity contribution in [2.45, 2.75) is 39.2 Å². The molecule has 0 radical (unpaired) electrons. The molecule has 0 saturated carbocycles. The van der Waals surface area contributed by atoms with Crippen LogP contribution in [0.2, 0.25) is 0 Å². The molecule has 1 amide bonds. The van der Waals surface area contributed by atoms with Crippen LogP contribution in [0.15, 0.2) is 0 Å². The topological polar surface area (TPSA) is 66.5 Å². The van der Waals surface area contributed by atoms with Crippen LogP contribution >= 0.6 is 0 Å². The van der Waals surface area contributed by atoms with Crippen LogP contribution in [0.5, 0.6) is 0 Å². The first-order valence-electron chi connectivity index (χ1n) is 6.98. The molecule has 19 heavy (non-hydrogen) atoms. The average molecular weight is 290 g/mol. The summed E-state index contributed by atoms with van der Waals surface area (Å²) in [4.78, 5) is 13.5. The first-order chi connectivity index (χ1) is 8.82. The second-order valence-corrected chi connectivity index (χ2v) is 7.97. The SMILES string of the molecule is CC(C)CCNCCC(=O)N(C)C1CCS(=O)(=O)C1. The van der Waals surface area contributed by atoms with Gasteiger partial charge in [0.1, 0.15) is 0 Å². The molecule has 0 aromatic carbocycles. The number of carbonyl (C=O) groups is 1. The van der Waals surface area contributed by atoms with Crippen molar-refractivity contribution in [3.8, 4) is 0 Å². The molecule has 1 aliphatic heterocycles. The summed E-state index contributed by atoms with van der Waals surface area (Å²) in [6.07, 6.45) is 2.11. The van der Waals surface area contributed by atoms with Crippen molar-refractivity contribution in [3.05, 3.63) is 0 Å². The fourth-order valence-electron chi connectivity index (χ4n) is 2.17. The summed E-state index contributed by atoms with van der Waals surface area (Å²) in [5.74, 6) is 1.02. The maximum Gasteiger partial charge on any atom is 0.223 e. The van der Waals surface area contributed by atoms with E-state index in [1.807, 2.05) is 0 Å². The van der Waals surface area contributed by atoms with Crippen LogP contribution in [-0.4, -0.2) is 56.9 Å². The molecule has 112 valence electrons. The van der Waals surface area contributed by atoms with E-state index in [4.69, 9.17) is 0 Å². The van der Waals surface area contributed by atoms with Gasteiger partial charge in [0, 0.05) is 26.1 Å². The first-order valence-corrected chi connectivity index (χ1v) is 8.81. The van der Waals surface area contributed by atoms with E-state index < -0.39 is 9.84 Å². The Morgan fingerprint density at radius 2 is 2.05 bits per heavy atom. The van der Waals surface area contributed by atoms with Crippen molar-refractivity contribution in [3.63, 3.8) is 0 Å². The molecular weight excluding hydrogens is 264 g/mol. The Labute approximate surface area is 116 Å². The standard InChI is InChI=1S/C13H26N2O3S/c1-11(2)4-7-14-8-5-13(16)15(3)12-6-9-19(17,18)10-12/h11-12,14H,4-10H2,1-3H3. The number of nitrogens with one attached hydrogen (secondary N) is 1. The quantitative estimate of drug-likeness (QED) is 0.699. The molecule has 0 aliphatic carbocycles. The highest BCUT2D eigenvalue weighted by molar-refractivity contribution is 7.91. The summed E-state index contributed by atoms with van der Waals surface area (Å²) in [6.45, 7) is 5.92. The molecule has 1 saturated heterocycles. The van der Waals surface area contributed by atoms with Crippen LogP contribution in [0.1, 0.15) is 33.1 Å². The highest BCUT2D eigenvalue weighted by atomic mass is 32.2. The van der Waals surface area contributed by atoms with Gasteiger partial charge < -0.3 is 10.2 Å². The van der Waals surface area contributed by atoms with E-state index in [9.17, 15) is 13.2 Å². The van der Waals surface area contributed by atoms with Crippen molar-refractivity contribution >= 4 is 15.7 Å². The van der Waals surface area contributed by atoms with E-state index in [0.29, 0.717) is 25.3 Å². The first kappa shape index (κ1) is 16.4. The van der Waals surface area contributed by atoms with Gasteiger partial charge in [0.15, 0.2) is 9.84 Å². The lowest BCUT2D eigenvalue weighted by molar-refractivity contribution is -0.131. The average Bonchev–Trinajstić information content (AvgIpc) is 2.67. The van der Waals surface area contributed by atoms with Gasteiger partial charge in [0.25, 0.3) is 0 Å². The number of hydrogen-bond acceptors (Lipinski definition) is 4. The molecule has 6 heteroatoms. The molecule has 0 bridgehead atoms. The number of carbonyl (C=O) groups excluding carboxylic acids is 1. The van der Waals surface area contributed by atoms with Gasteiger partial charge in [0.05, 0.1) is 11.5 Å². The second kappa shape index (κ2) is 7.24. The Kier molecular flexibility index (Phi) is 6.26. The normalized spacial score (nSPS) is 21.8. The predicted molar refractivity (Wildman–Crippen MR) is 76.8 cm³/mol. The summed E-state index contributed by atoms with van der Waals surface area (Å²) in [6, 6.07) is -0.131. The van der Waals surface area contributed by atoms with Crippen LogP contribution in [0, 0.1) is 5.92 Å². The molecule has 0 aromatic rings. The van der Waals surface area contributed by atoms with E-state index in [2.05, 4.69) is 19.2 Å². The highest BCUT2D eigenvalue weighted by Gasteiger charge is 2.32. The summed E-state index contributed by atoms with van der Waals surface area (Å²) in [5, 5.41) is 3.24. The van der Waals surface area contributed by atoms with Crippen LogP contribution in [0.4, 0.5) is 0 Å². The third-order valence-corrected chi connectivity index (χ3v) is 5.31. The Morgan fingerprint density at radius 1 is 1.37 bits per heavy atom. The zero-order valence-electron chi connectivity index (χ0n) is 12.2. The third kappa shape index (κ3) is 5.91. The van der Waals surface area contributed by atoms with Crippen molar-refractivity contribution < 1.29 is 13.2 Å². The summed E-state index contributed by atoms with van der Waals surface area (Å²) in [7, 11) is -1.21. The molecule has 1 aliphatic rings. The highest BCUT2D eigenvalue weighted by Crippen LogP contribution is 2.16. The fraction of sp³-hybridized carbons (Fsp3) is 0.923. The maximum atomic E-state index is 11.9. The molecule has 0 spiro atoms. The van der Waals surface area contributed by atoms with Crippen LogP contribution in [0.25, 0.3) is 0 Å². The Bertz CT molecular complexity index is 393. The van der Waals surface area contributed by atoms with E-state index >= 15 is 0 Å². The molecule has 1 fully saturated rings. The van der Waals surface area contributed by atoms with E-state index in [1.54, 1.807) is 11.9 Å². The number of amides is 1. The molecule has 1 unspecified atom stereocenters. The van der Waals surface area contributed by atoms with Crippen LogP contribution < -0.4 is 5.32 Å². The Balaban J connectivity index is 2.22. The molecule has 5 nitrogen and oxygen atoms in total. The van der Waals surface area contributed by atoms with Crippen molar-refractivity contribution in [1.29, 1.82) is 0 Å². The Morgan fingerprint density at radius 3 is 2.58 bits per heavy atom. The third-order valence-electron chi connectivity index (χ3n) is 3.56. The van der Waals surface area contributed by atoms with E-state index in [-0.39, 0.29) is 23.5 Å². The Hall–Kier alpha value is -0.620. The lowest BCUT2D eigenvalue weighted by Crippen LogP contribution is -2.39. The minimum atomic E-state index is -2.92. The van der Waals surface area contributed by atoms with Gasteiger partial charge in [-0.1, -0.05) is 13.8 Å². The van der Waals surface area contributed by atoms with E-state index in [1.165, 1.54) is 0 Å². The summed E-state index contributed by atoms with van der Waals surface area (Å²) >= 11 is 0. The minimum absolute atomic E-state index is 0.0270. The van der Waals surface area contributed by atoms with Gasteiger partial charge in [-0.2, -0.15) is 0 Å². The van der Waals surface area contributed by atoms with Crippen molar-refractivity contribution in [2.24, 2.45) is 5.92 Å². The summed E-state index contributed by atoms with van der Waals surface area (Å²) < 4.78 is 22.8. The molecule has 1 atom stereocenters. The molecule has 1 N–H and O–H groups in total. The largest absolute Gasteiger partial charge is 0.342 e. The minimum Gasteiger partial charge on any atom is -0.342 e. The number of rotatable bonds is 7. The second-order valence-electron chi connectivity index (χ2n) is 5.74. The molecular formula is C13H26N2O3S. The van der Waals surface area contributed by atoms with Crippen molar-refractivity contribution in [2.75, 3.05) is 31.6 Å². The van der Waals surface area contributed by atoms with Crippen molar-refractivity contribution in [1.82, 2.24) is 10.2 Å². The smallest absolute Gasteiger partial charge is 0.223 e. The zero-order chi connectivity index (χ0) is 14.5. The van der Waals surface area contributed by atoms with Crippen LogP contribution in [0.3, 0.4) is 0 Å². The molecule has 1 heterocycles. The number of hydrogen-bond donors (Lipinski definition) is 1. The fourth-order valence-corrected chi connectivity index (χ4v) is 3.95. The van der Waals surface area contributed by atoms with E-state index in [0.717, 1.165) is 13.0 Å². The molecule has 0 aromatic heterocycles. The van der Waals surface area contributed by atoms with Gasteiger partial charge in [0.2, 0.25) is 5.91 Å². The number of sulfone groups is 1. The van der Waals surface area contributed by atoms with Gasteiger partial charge >= 0.3 is 0 Å². The van der Waals surface area contributed by atoms with Gasteiger partial charge in [-0.05, 0) is 25.3 Å². The van der Waals surface area contributed by atoms with Gasteiger partial charge in [-0.15, -0.1) is 0 Å². The van der Waals surface area contributed by atoms with Gasteiger partial charge in [-0.3, -0.25) is 4.79 Å². The lowest BCUT2D eigenvalue weighted by atomic mass is 10.1. The van der Waals surface area contributed by atoms with Crippen LogP contribution in [-0.2, 0) is 14.6 Å². The van der Waals surface area contributed by atoms with Gasteiger partial charge in [-0.25, -0.2) is 8.42 Å². The zero-order valence-corrected chi connectivity index (χ0v) is 13.0. The lowest BCUT2D eigenvalue weighted by Gasteiger charge is -2.23. The molecule has 1 rings (SSSR count). The predicted octanol–water partition coefficient (Wildman–Crippen LogP) is 0.658.